The van der Waals surface area contributed by atoms with Crippen molar-refractivity contribution in [2.24, 2.45) is 0 Å². The van der Waals surface area contributed by atoms with Crippen molar-refractivity contribution >= 4 is 66.4 Å². The minimum Gasteiger partial charge on any atom is -0.322 e. The van der Waals surface area contributed by atoms with Crippen molar-refractivity contribution in [1.29, 1.82) is 0 Å². The van der Waals surface area contributed by atoms with Crippen LogP contribution in [-0.4, -0.2) is 14.3 Å². The number of nitrogens with one attached hydrogen (secondary N) is 2. The highest BCUT2D eigenvalue weighted by Crippen LogP contribution is 2.25. The second kappa shape index (κ2) is 8.75. The molecule has 0 bridgehead atoms. The van der Waals surface area contributed by atoms with Gasteiger partial charge in [0.25, 0.3) is 15.9 Å². The molecule has 29 heavy (non-hydrogen) atoms. The molecule has 0 unspecified atom stereocenters. The number of halogens is 3. The molecule has 0 saturated carbocycles. The first-order valence-electron chi connectivity index (χ1n) is 8.31. The van der Waals surface area contributed by atoms with Gasteiger partial charge in [0.1, 0.15) is 0 Å². The number of carbonyl (C=O) groups is 1. The zero-order valence-electron chi connectivity index (χ0n) is 15.0. The van der Waals surface area contributed by atoms with E-state index in [9.17, 15) is 13.2 Å². The Morgan fingerprint density at radius 1 is 0.897 bits per heavy atom. The number of benzene rings is 3. The Kier molecular flexibility index (Phi) is 6.53. The zero-order chi connectivity index (χ0) is 21.2. The van der Waals surface area contributed by atoms with Crippen LogP contribution in [0, 0.1) is 6.92 Å². The third-order valence-electron chi connectivity index (χ3n) is 4.02. The van der Waals surface area contributed by atoms with Gasteiger partial charge >= 0.3 is 0 Å². The molecule has 3 aromatic rings. The molecule has 0 radical (unpaired) electrons. The van der Waals surface area contributed by atoms with E-state index in [4.69, 9.17) is 23.2 Å². The molecule has 0 atom stereocenters. The molecule has 0 saturated heterocycles. The van der Waals surface area contributed by atoms with E-state index in [2.05, 4.69) is 26.0 Å². The van der Waals surface area contributed by atoms with Gasteiger partial charge in [0.2, 0.25) is 0 Å². The highest BCUT2D eigenvalue weighted by molar-refractivity contribution is 9.10. The molecular formula is C20H15BrCl2N2O3S. The first-order chi connectivity index (χ1) is 13.7. The summed E-state index contributed by atoms with van der Waals surface area (Å²) in [6.45, 7) is 1.83. The SMILES string of the molecule is Cc1ccc(NS(=O)(=O)c2ccc(NC(=O)c3cc(Br)ccc3Cl)cc2)cc1Cl. The average Bonchev–Trinajstić information content (AvgIpc) is 2.67. The van der Waals surface area contributed by atoms with Gasteiger partial charge in [-0.2, -0.15) is 0 Å². The van der Waals surface area contributed by atoms with Gasteiger partial charge in [-0.25, -0.2) is 8.42 Å². The van der Waals surface area contributed by atoms with Crippen molar-refractivity contribution in [1.82, 2.24) is 0 Å². The Bertz CT molecular complexity index is 1180. The maximum atomic E-state index is 12.6. The molecule has 2 N–H and O–H groups in total. The molecule has 0 aliphatic carbocycles. The van der Waals surface area contributed by atoms with Gasteiger partial charge < -0.3 is 5.32 Å². The van der Waals surface area contributed by atoms with Crippen LogP contribution in [0.15, 0.2) is 70.0 Å². The first kappa shape index (κ1) is 21.6. The van der Waals surface area contributed by atoms with E-state index in [1.165, 1.54) is 24.3 Å². The predicted octanol–water partition coefficient (Wildman–Crippen LogP) is 6.12. The quantitative estimate of drug-likeness (QED) is 0.431. The number of hydrogen-bond acceptors (Lipinski definition) is 3. The molecule has 0 heterocycles. The van der Waals surface area contributed by atoms with Crippen LogP contribution in [0.4, 0.5) is 11.4 Å². The van der Waals surface area contributed by atoms with Crippen molar-refractivity contribution < 1.29 is 13.2 Å². The average molecular weight is 514 g/mol. The minimum absolute atomic E-state index is 0.0488. The number of sulfonamides is 1. The van der Waals surface area contributed by atoms with Crippen LogP contribution in [0.3, 0.4) is 0 Å². The van der Waals surface area contributed by atoms with Gasteiger partial charge in [0, 0.05) is 15.2 Å². The van der Waals surface area contributed by atoms with E-state index < -0.39 is 15.9 Å². The lowest BCUT2D eigenvalue weighted by molar-refractivity contribution is 0.102. The van der Waals surface area contributed by atoms with Gasteiger partial charge in [0.05, 0.1) is 21.2 Å². The smallest absolute Gasteiger partial charge is 0.261 e. The van der Waals surface area contributed by atoms with Crippen LogP contribution < -0.4 is 10.0 Å². The minimum atomic E-state index is -3.80. The lowest BCUT2D eigenvalue weighted by atomic mass is 10.2. The van der Waals surface area contributed by atoms with Gasteiger partial charge in [-0.05, 0) is 67.1 Å². The summed E-state index contributed by atoms with van der Waals surface area (Å²) in [6, 6.07) is 15.7. The van der Waals surface area contributed by atoms with E-state index in [0.717, 1.165) is 10.0 Å². The number of amides is 1. The molecule has 0 fully saturated rings. The maximum absolute atomic E-state index is 12.6. The van der Waals surface area contributed by atoms with E-state index in [1.807, 2.05) is 6.92 Å². The van der Waals surface area contributed by atoms with E-state index in [-0.39, 0.29) is 4.90 Å². The van der Waals surface area contributed by atoms with Crippen LogP contribution in [0.5, 0.6) is 0 Å². The molecule has 0 aliphatic rings. The Morgan fingerprint density at radius 3 is 2.21 bits per heavy atom. The van der Waals surface area contributed by atoms with E-state index in [1.54, 1.807) is 36.4 Å². The fourth-order valence-electron chi connectivity index (χ4n) is 2.46. The van der Waals surface area contributed by atoms with E-state index >= 15 is 0 Å². The third kappa shape index (κ3) is 5.30. The second-order valence-corrected chi connectivity index (χ2v) is 9.58. The van der Waals surface area contributed by atoms with Crippen molar-refractivity contribution in [2.45, 2.75) is 11.8 Å². The molecule has 0 spiro atoms. The van der Waals surface area contributed by atoms with E-state index in [0.29, 0.717) is 27.0 Å². The first-order valence-corrected chi connectivity index (χ1v) is 11.3. The topological polar surface area (TPSA) is 75.3 Å². The molecule has 0 aromatic heterocycles. The summed E-state index contributed by atoms with van der Waals surface area (Å²) in [5, 5.41) is 3.47. The van der Waals surface area contributed by atoms with Crippen LogP contribution in [0.25, 0.3) is 0 Å². The number of carbonyl (C=O) groups excluding carboxylic acids is 1. The molecule has 3 aromatic carbocycles. The standard InChI is InChI=1S/C20H15BrCl2N2O3S/c1-12-2-4-15(11-19(12)23)25-29(27,28)16-7-5-14(6-8-16)24-20(26)17-10-13(21)3-9-18(17)22/h2-11,25H,1H3,(H,24,26). The normalized spacial score (nSPS) is 11.2. The highest BCUT2D eigenvalue weighted by atomic mass is 79.9. The summed E-state index contributed by atoms with van der Waals surface area (Å²) in [7, 11) is -3.80. The monoisotopic (exact) mass is 512 g/mol. The Hall–Kier alpha value is -2.06. The lowest BCUT2D eigenvalue weighted by Crippen LogP contribution is -2.14. The summed E-state index contributed by atoms with van der Waals surface area (Å²) in [4.78, 5) is 12.5. The molecule has 3 rings (SSSR count). The maximum Gasteiger partial charge on any atom is 0.261 e. The summed E-state index contributed by atoms with van der Waals surface area (Å²) < 4.78 is 28.3. The van der Waals surface area contributed by atoms with Crippen molar-refractivity contribution in [2.75, 3.05) is 10.0 Å². The van der Waals surface area contributed by atoms with Crippen LogP contribution in [0.2, 0.25) is 10.0 Å². The van der Waals surface area contributed by atoms with Gasteiger partial charge in [-0.1, -0.05) is 45.2 Å². The van der Waals surface area contributed by atoms with Gasteiger partial charge in [-0.15, -0.1) is 0 Å². The fourth-order valence-corrected chi connectivity index (χ4v) is 4.25. The van der Waals surface area contributed by atoms with Crippen LogP contribution in [0.1, 0.15) is 15.9 Å². The molecule has 150 valence electrons. The van der Waals surface area contributed by atoms with Crippen molar-refractivity contribution in [3.63, 3.8) is 0 Å². The third-order valence-corrected chi connectivity index (χ3v) is 6.65. The lowest BCUT2D eigenvalue weighted by Gasteiger charge is -2.11. The molecule has 9 heteroatoms. The molecular weight excluding hydrogens is 499 g/mol. The van der Waals surface area contributed by atoms with Crippen LogP contribution >= 0.6 is 39.1 Å². The van der Waals surface area contributed by atoms with Gasteiger partial charge in [-0.3, -0.25) is 9.52 Å². The molecule has 1 amide bonds. The summed E-state index contributed by atoms with van der Waals surface area (Å²) in [6.07, 6.45) is 0. The highest BCUT2D eigenvalue weighted by Gasteiger charge is 2.16. The number of aryl methyl sites for hydroxylation is 1. The number of rotatable bonds is 5. The zero-order valence-corrected chi connectivity index (χ0v) is 19.0. The van der Waals surface area contributed by atoms with Crippen molar-refractivity contribution in [3.05, 3.63) is 86.3 Å². The predicted molar refractivity (Wildman–Crippen MR) is 121 cm³/mol. The second-order valence-electron chi connectivity index (χ2n) is 6.17. The van der Waals surface area contributed by atoms with Crippen molar-refractivity contribution in [3.8, 4) is 0 Å². The molecule has 0 aliphatic heterocycles. The Morgan fingerprint density at radius 2 is 1.55 bits per heavy atom. The summed E-state index contributed by atoms with van der Waals surface area (Å²) >= 11 is 15.4. The summed E-state index contributed by atoms with van der Waals surface area (Å²) in [5.41, 5.74) is 1.95. The van der Waals surface area contributed by atoms with Gasteiger partial charge in [0.15, 0.2) is 0 Å². The molecule has 5 nitrogen and oxygen atoms in total. The summed E-state index contributed by atoms with van der Waals surface area (Å²) in [5.74, 6) is -0.403. The fraction of sp³-hybridized carbons (Fsp3) is 0.0500. The Balaban J connectivity index is 1.76. The number of hydrogen-bond donors (Lipinski definition) is 2. The number of anilines is 2. The largest absolute Gasteiger partial charge is 0.322 e. The Labute approximate surface area is 187 Å². The van der Waals surface area contributed by atoms with Crippen LogP contribution in [-0.2, 0) is 10.0 Å².